The maximum Gasteiger partial charge on any atom is 0.270 e. The Morgan fingerprint density at radius 3 is 2.71 bits per heavy atom. The van der Waals surface area contributed by atoms with Crippen LogP contribution in [0.15, 0.2) is 22.7 Å². The van der Waals surface area contributed by atoms with Gasteiger partial charge in [-0.3, -0.25) is 15.0 Å². The molecular weight excluding hydrogens is 334 g/mol. The van der Waals surface area contributed by atoms with E-state index < -0.39 is 0 Å². The van der Waals surface area contributed by atoms with Crippen LogP contribution >= 0.6 is 15.9 Å². The summed E-state index contributed by atoms with van der Waals surface area (Å²) in [6.07, 6.45) is 3.40. The zero-order valence-electron chi connectivity index (χ0n) is 12.3. The summed E-state index contributed by atoms with van der Waals surface area (Å²) in [5.74, 6) is 0. The predicted molar refractivity (Wildman–Crippen MR) is 87.4 cm³/mol. The van der Waals surface area contributed by atoms with Crippen LogP contribution in [0.25, 0.3) is 0 Å². The summed E-state index contributed by atoms with van der Waals surface area (Å²) in [5, 5.41) is 14.4. The van der Waals surface area contributed by atoms with Crippen LogP contribution in [0.4, 0.5) is 5.69 Å². The van der Waals surface area contributed by atoms with Crippen LogP contribution < -0.4 is 5.32 Å². The van der Waals surface area contributed by atoms with Gasteiger partial charge in [0, 0.05) is 29.2 Å². The summed E-state index contributed by atoms with van der Waals surface area (Å²) in [6.45, 7) is 6.11. The molecular formula is C15H22BrN3O2. The van der Waals surface area contributed by atoms with Crippen molar-refractivity contribution in [3.05, 3.63) is 38.3 Å². The van der Waals surface area contributed by atoms with Crippen LogP contribution in [0.3, 0.4) is 0 Å². The third-order valence-corrected chi connectivity index (χ3v) is 4.33. The average molecular weight is 356 g/mol. The van der Waals surface area contributed by atoms with Crippen molar-refractivity contribution in [2.75, 3.05) is 19.6 Å². The summed E-state index contributed by atoms with van der Waals surface area (Å²) >= 11 is 3.37. The first-order chi connectivity index (χ1) is 10.1. The van der Waals surface area contributed by atoms with Gasteiger partial charge in [-0.15, -0.1) is 0 Å². The molecule has 0 saturated carbocycles. The lowest BCUT2D eigenvalue weighted by Gasteiger charge is -2.34. The SMILES string of the molecule is CCCN(Cc1cc(Br)cc([N+](=O)[O-])c1)C1CCNCC1. The van der Waals surface area contributed by atoms with E-state index in [9.17, 15) is 10.1 Å². The Morgan fingerprint density at radius 1 is 1.38 bits per heavy atom. The van der Waals surface area contributed by atoms with Crippen molar-refractivity contribution in [3.63, 3.8) is 0 Å². The fourth-order valence-electron chi connectivity index (χ4n) is 2.91. The monoisotopic (exact) mass is 355 g/mol. The Labute approximate surface area is 134 Å². The molecule has 0 bridgehead atoms. The van der Waals surface area contributed by atoms with E-state index >= 15 is 0 Å². The van der Waals surface area contributed by atoms with E-state index in [0.29, 0.717) is 6.04 Å². The van der Waals surface area contributed by atoms with Crippen LogP contribution in [0.5, 0.6) is 0 Å². The highest BCUT2D eigenvalue weighted by Gasteiger charge is 2.21. The van der Waals surface area contributed by atoms with E-state index in [1.54, 1.807) is 12.1 Å². The second-order valence-corrected chi connectivity index (χ2v) is 6.44. The maximum absolute atomic E-state index is 11.0. The number of nitrogens with one attached hydrogen (secondary N) is 1. The molecule has 0 aromatic heterocycles. The lowest BCUT2D eigenvalue weighted by molar-refractivity contribution is -0.385. The van der Waals surface area contributed by atoms with Gasteiger partial charge in [-0.1, -0.05) is 22.9 Å². The highest BCUT2D eigenvalue weighted by atomic mass is 79.9. The molecule has 1 aromatic rings. The van der Waals surface area contributed by atoms with Gasteiger partial charge < -0.3 is 5.32 Å². The van der Waals surface area contributed by atoms with Crippen molar-refractivity contribution < 1.29 is 4.92 Å². The number of hydrogen-bond donors (Lipinski definition) is 1. The number of hydrogen-bond acceptors (Lipinski definition) is 4. The van der Waals surface area contributed by atoms with Crippen molar-refractivity contribution >= 4 is 21.6 Å². The number of halogens is 1. The predicted octanol–water partition coefficient (Wildman–Crippen LogP) is 3.32. The lowest BCUT2D eigenvalue weighted by Crippen LogP contribution is -2.43. The topological polar surface area (TPSA) is 58.4 Å². The van der Waals surface area contributed by atoms with E-state index in [4.69, 9.17) is 0 Å². The van der Waals surface area contributed by atoms with Crippen molar-refractivity contribution in [3.8, 4) is 0 Å². The summed E-state index contributed by atoms with van der Waals surface area (Å²) in [6, 6.07) is 5.80. The molecule has 116 valence electrons. The molecule has 1 saturated heterocycles. The molecule has 1 aliphatic rings. The molecule has 5 nitrogen and oxygen atoms in total. The molecule has 1 heterocycles. The van der Waals surface area contributed by atoms with Crippen molar-refractivity contribution in [2.45, 2.75) is 38.8 Å². The minimum atomic E-state index is -0.330. The Bertz CT molecular complexity index is 490. The van der Waals surface area contributed by atoms with Gasteiger partial charge in [-0.05, 0) is 50.5 Å². The molecule has 0 atom stereocenters. The largest absolute Gasteiger partial charge is 0.317 e. The first-order valence-corrected chi connectivity index (χ1v) is 8.28. The number of rotatable bonds is 6. The van der Waals surface area contributed by atoms with E-state index in [-0.39, 0.29) is 10.6 Å². The van der Waals surface area contributed by atoms with Gasteiger partial charge in [0.25, 0.3) is 5.69 Å². The molecule has 0 aliphatic carbocycles. The van der Waals surface area contributed by atoms with Crippen LogP contribution in [-0.2, 0) is 6.54 Å². The minimum Gasteiger partial charge on any atom is -0.317 e. The van der Waals surface area contributed by atoms with Crippen LogP contribution in [-0.4, -0.2) is 35.5 Å². The molecule has 0 unspecified atom stereocenters. The zero-order valence-corrected chi connectivity index (χ0v) is 13.9. The van der Waals surface area contributed by atoms with Crippen LogP contribution in [0, 0.1) is 10.1 Å². The molecule has 0 radical (unpaired) electrons. The number of nitro benzene ring substituents is 1. The van der Waals surface area contributed by atoms with E-state index in [2.05, 4.69) is 33.1 Å². The van der Waals surface area contributed by atoms with Gasteiger partial charge in [-0.25, -0.2) is 0 Å². The van der Waals surface area contributed by atoms with Gasteiger partial charge in [0.05, 0.1) is 4.92 Å². The first-order valence-electron chi connectivity index (χ1n) is 7.48. The third kappa shape index (κ3) is 4.76. The molecule has 0 amide bonds. The molecule has 21 heavy (non-hydrogen) atoms. The van der Waals surface area contributed by atoms with Gasteiger partial charge in [0.1, 0.15) is 0 Å². The number of nitro groups is 1. The van der Waals surface area contributed by atoms with Gasteiger partial charge in [-0.2, -0.15) is 0 Å². The lowest BCUT2D eigenvalue weighted by atomic mass is 10.0. The molecule has 6 heteroatoms. The quantitative estimate of drug-likeness (QED) is 0.628. The van der Waals surface area contributed by atoms with Gasteiger partial charge in [0.15, 0.2) is 0 Å². The summed E-state index contributed by atoms with van der Waals surface area (Å²) in [7, 11) is 0. The Balaban J connectivity index is 2.13. The molecule has 0 spiro atoms. The maximum atomic E-state index is 11.0. The normalized spacial score (nSPS) is 16.3. The Kier molecular flexibility index (Phi) is 6.14. The summed E-state index contributed by atoms with van der Waals surface area (Å²) in [5.41, 5.74) is 1.16. The van der Waals surface area contributed by atoms with Crippen molar-refractivity contribution in [1.82, 2.24) is 10.2 Å². The summed E-state index contributed by atoms with van der Waals surface area (Å²) < 4.78 is 0.772. The highest BCUT2D eigenvalue weighted by Crippen LogP contribution is 2.24. The molecule has 1 fully saturated rings. The fraction of sp³-hybridized carbons (Fsp3) is 0.600. The second-order valence-electron chi connectivity index (χ2n) is 5.53. The Morgan fingerprint density at radius 2 is 2.10 bits per heavy atom. The van der Waals surface area contributed by atoms with Crippen LogP contribution in [0.1, 0.15) is 31.7 Å². The molecule has 1 aliphatic heterocycles. The van der Waals surface area contributed by atoms with E-state index in [0.717, 1.165) is 55.5 Å². The second kappa shape index (κ2) is 7.87. The minimum absolute atomic E-state index is 0.154. The zero-order chi connectivity index (χ0) is 15.2. The number of piperidine rings is 1. The highest BCUT2D eigenvalue weighted by molar-refractivity contribution is 9.10. The standard InChI is InChI=1S/C15H22BrN3O2/c1-2-7-18(14-3-5-17-6-4-14)11-12-8-13(16)10-15(9-12)19(20)21/h8-10,14,17H,2-7,11H2,1H3. The molecule has 1 N–H and O–H groups in total. The smallest absolute Gasteiger partial charge is 0.270 e. The van der Waals surface area contributed by atoms with Crippen molar-refractivity contribution in [2.24, 2.45) is 0 Å². The van der Waals surface area contributed by atoms with E-state index in [1.165, 1.54) is 0 Å². The van der Waals surface area contributed by atoms with Crippen molar-refractivity contribution in [1.29, 1.82) is 0 Å². The van der Waals surface area contributed by atoms with Crippen LogP contribution in [0.2, 0.25) is 0 Å². The van der Waals surface area contributed by atoms with Gasteiger partial charge >= 0.3 is 0 Å². The molecule has 1 aromatic carbocycles. The Hall–Kier alpha value is -0.980. The van der Waals surface area contributed by atoms with Gasteiger partial charge in [0.2, 0.25) is 0 Å². The third-order valence-electron chi connectivity index (χ3n) is 3.87. The fourth-order valence-corrected chi connectivity index (χ4v) is 3.44. The first kappa shape index (κ1) is 16.4. The molecule has 2 rings (SSSR count). The van der Waals surface area contributed by atoms with E-state index in [1.807, 2.05) is 6.07 Å². The summed E-state index contributed by atoms with van der Waals surface area (Å²) in [4.78, 5) is 13.1. The number of non-ortho nitro benzene ring substituents is 1. The average Bonchev–Trinajstić information content (AvgIpc) is 2.47. The number of benzene rings is 1. The number of nitrogens with zero attached hydrogens (tertiary/aromatic N) is 2.